The minimum absolute atomic E-state index is 0.115. The fraction of sp³-hybridized carbons (Fsp3) is 0.156. The Bertz CT molecular complexity index is 1660. The van der Waals surface area contributed by atoms with Crippen molar-refractivity contribution in [3.63, 3.8) is 0 Å². The predicted molar refractivity (Wildman–Crippen MR) is 211 cm³/mol. The molecule has 1 saturated carbocycles. The van der Waals surface area contributed by atoms with E-state index in [4.69, 9.17) is 18.3 Å². The van der Waals surface area contributed by atoms with Gasteiger partial charge in [-0.2, -0.15) is 0 Å². The molecule has 4 nitrogen and oxygen atoms in total. The van der Waals surface area contributed by atoms with Crippen molar-refractivity contribution in [2.75, 3.05) is 6.61 Å². The van der Waals surface area contributed by atoms with E-state index in [1.807, 2.05) is 0 Å². The lowest BCUT2D eigenvalue weighted by Gasteiger charge is -2.47. The van der Waals surface area contributed by atoms with Crippen LogP contribution >= 0.6 is 0 Å². The van der Waals surface area contributed by atoms with Crippen LogP contribution < -0.4 is 31.1 Å². The lowest BCUT2D eigenvalue weighted by Crippen LogP contribution is -2.75. The summed E-state index contributed by atoms with van der Waals surface area (Å²) in [7, 11) is -6.26. The highest BCUT2D eigenvalue weighted by Crippen LogP contribution is 2.41. The molecular formula is C45H42O4Si2. The first-order valence-electron chi connectivity index (χ1n) is 17.8. The lowest BCUT2D eigenvalue weighted by atomic mass is 9.83. The van der Waals surface area contributed by atoms with Gasteiger partial charge in [-0.05, 0) is 37.5 Å². The Labute approximate surface area is 303 Å². The number of hydrogen-bond acceptors (Lipinski definition) is 4. The number of hydrogen-bond donors (Lipinski definition) is 0. The summed E-state index contributed by atoms with van der Waals surface area (Å²) >= 11 is 0. The molecule has 1 saturated heterocycles. The third kappa shape index (κ3) is 6.13. The minimum Gasteiger partial charge on any atom is -0.493 e. The van der Waals surface area contributed by atoms with Gasteiger partial charge in [-0.25, -0.2) is 0 Å². The van der Waals surface area contributed by atoms with Crippen LogP contribution in [0.3, 0.4) is 0 Å². The Morgan fingerprint density at radius 2 is 0.765 bits per heavy atom. The van der Waals surface area contributed by atoms with Crippen molar-refractivity contribution in [3.8, 4) is 0 Å². The zero-order chi connectivity index (χ0) is 34.5. The van der Waals surface area contributed by atoms with Gasteiger partial charge in [0.1, 0.15) is 6.10 Å². The van der Waals surface area contributed by atoms with Gasteiger partial charge >= 0.3 is 0 Å². The summed E-state index contributed by atoms with van der Waals surface area (Å²) in [6, 6.07) is 64.4. The van der Waals surface area contributed by atoms with E-state index >= 15 is 0 Å². The highest BCUT2D eigenvalue weighted by Gasteiger charge is 2.58. The Hall–Kier alpha value is -4.83. The van der Waals surface area contributed by atoms with Crippen molar-refractivity contribution in [3.05, 3.63) is 195 Å². The predicted octanol–water partition coefficient (Wildman–Crippen LogP) is 5.04. The molecule has 51 heavy (non-hydrogen) atoms. The molecule has 0 spiro atoms. The summed E-state index contributed by atoms with van der Waals surface area (Å²) in [6.45, 7) is 4.66. The van der Waals surface area contributed by atoms with E-state index in [0.717, 1.165) is 6.42 Å². The van der Waals surface area contributed by atoms with Crippen LogP contribution in [0.25, 0.3) is 0 Å². The first-order valence-corrected chi connectivity index (χ1v) is 21.6. The summed E-state index contributed by atoms with van der Waals surface area (Å²) in [5, 5.41) is 7.04. The van der Waals surface area contributed by atoms with Gasteiger partial charge in [0.2, 0.25) is 0 Å². The van der Waals surface area contributed by atoms with Crippen molar-refractivity contribution in [1.29, 1.82) is 0 Å². The van der Waals surface area contributed by atoms with Crippen LogP contribution in [0.5, 0.6) is 0 Å². The van der Waals surface area contributed by atoms with E-state index in [1.165, 1.54) is 31.1 Å². The van der Waals surface area contributed by atoms with Gasteiger partial charge in [-0.3, -0.25) is 0 Å². The van der Waals surface area contributed by atoms with Crippen LogP contribution in [0.4, 0.5) is 0 Å². The largest absolute Gasteiger partial charge is 0.493 e. The molecule has 2 bridgehead atoms. The lowest BCUT2D eigenvalue weighted by molar-refractivity contribution is -0.108. The Morgan fingerprint density at radius 3 is 1.08 bits per heavy atom. The van der Waals surface area contributed by atoms with Crippen LogP contribution in [0.15, 0.2) is 195 Å². The summed E-state index contributed by atoms with van der Waals surface area (Å²) in [5.41, 5.74) is 0. The summed E-state index contributed by atoms with van der Waals surface area (Å²) in [6.07, 6.45) is 0.971. The molecule has 0 unspecified atom stereocenters. The van der Waals surface area contributed by atoms with E-state index < -0.39 is 28.8 Å². The normalized spacial score (nSPS) is 21.5. The fourth-order valence-electron chi connectivity index (χ4n) is 8.23. The van der Waals surface area contributed by atoms with E-state index in [1.54, 1.807) is 6.26 Å². The number of ether oxygens (including phenoxy) is 2. The Balaban J connectivity index is 1.31. The molecule has 1 aliphatic heterocycles. The van der Waals surface area contributed by atoms with Gasteiger partial charge in [-0.15, -0.1) is 0 Å². The molecule has 5 atom stereocenters. The maximum atomic E-state index is 7.92. The molecule has 1 heterocycles. The fourth-order valence-corrected chi connectivity index (χ4v) is 16.4. The highest BCUT2D eigenvalue weighted by atomic mass is 28.4. The van der Waals surface area contributed by atoms with Crippen LogP contribution in [-0.2, 0) is 18.3 Å². The van der Waals surface area contributed by atoms with E-state index in [0.29, 0.717) is 6.61 Å². The summed E-state index contributed by atoms with van der Waals surface area (Å²) < 4.78 is 29.2. The molecule has 6 aromatic rings. The second-order valence-electron chi connectivity index (χ2n) is 13.4. The molecule has 0 N–H and O–H groups in total. The molecule has 6 aromatic carbocycles. The Morgan fingerprint density at radius 1 is 0.451 bits per heavy atom. The molecule has 2 aliphatic rings. The summed E-state index contributed by atoms with van der Waals surface area (Å²) in [4.78, 5) is 0. The monoisotopic (exact) mass is 702 g/mol. The van der Waals surface area contributed by atoms with Crippen LogP contribution in [0.1, 0.15) is 6.42 Å². The molecule has 2 fully saturated rings. The molecule has 8 rings (SSSR count). The SMILES string of the molecule is C=CO[C@H]1[C@H](O[Si](c2ccccc2)(c2ccccc2)c2ccccc2)[C@H]2CO[C@H](C2)[C@@H]1O[Si](c1ccccc1)(c1ccccc1)c1ccccc1. The van der Waals surface area contributed by atoms with Crippen molar-refractivity contribution in [2.45, 2.75) is 30.8 Å². The molecule has 0 amide bonds. The van der Waals surface area contributed by atoms with Crippen LogP contribution in [0.2, 0.25) is 0 Å². The third-order valence-corrected chi connectivity index (χ3v) is 18.6. The van der Waals surface area contributed by atoms with Crippen LogP contribution in [0, 0.1) is 5.92 Å². The van der Waals surface area contributed by atoms with Gasteiger partial charge in [0.05, 0.1) is 25.1 Å². The molecule has 254 valence electrons. The summed E-state index contributed by atoms with van der Waals surface area (Å²) in [5.74, 6) is 0.115. The zero-order valence-corrected chi connectivity index (χ0v) is 30.5. The van der Waals surface area contributed by atoms with Gasteiger partial charge in [0, 0.05) is 5.92 Å². The standard InChI is InChI=1S/C45H42O4Si2/c1-2-46-45-43(48-50(36-21-9-3-10-22-36,37-23-11-4-12-24-37)38-25-13-5-14-26-38)35-33-42(47-34-35)44(45)49-51(39-27-15-6-16-28-39,40-29-17-7-18-30-40)41-31-19-8-20-32-41/h2-32,35,42-45H,1,33-34H2/t35-,42-,43-,44+,45+/m1/s1. The average molecular weight is 703 g/mol. The minimum atomic E-state index is -3.14. The Kier molecular flexibility index (Phi) is 9.67. The van der Waals surface area contributed by atoms with Gasteiger partial charge in [0.25, 0.3) is 16.6 Å². The molecule has 0 aromatic heterocycles. The van der Waals surface area contributed by atoms with Crippen molar-refractivity contribution < 1.29 is 18.3 Å². The maximum Gasteiger partial charge on any atom is 0.288 e. The first kappa shape index (κ1) is 33.3. The average Bonchev–Trinajstić information content (AvgIpc) is 3.66. The zero-order valence-electron chi connectivity index (χ0n) is 28.5. The van der Waals surface area contributed by atoms with Crippen molar-refractivity contribution in [2.24, 2.45) is 5.92 Å². The molecule has 0 radical (unpaired) electrons. The second kappa shape index (κ2) is 14.8. The molecular weight excluding hydrogens is 661 g/mol. The van der Waals surface area contributed by atoms with Gasteiger partial charge < -0.3 is 18.3 Å². The number of rotatable bonds is 12. The first-order chi connectivity index (χ1) is 25.2. The van der Waals surface area contributed by atoms with Gasteiger partial charge in [-0.1, -0.05) is 189 Å². The smallest absolute Gasteiger partial charge is 0.288 e. The molecule has 6 heteroatoms. The quantitative estimate of drug-likeness (QED) is 0.102. The second-order valence-corrected chi connectivity index (χ2v) is 20.0. The number of benzene rings is 6. The topological polar surface area (TPSA) is 36.9 Å². The molecule has 1 aliphatic carbocycles. The van der Waals surface area contributed by atoms with Crippen molar-refractivity contribution >= 4 is 47.8 Å². The highest BCUT2D eigenvalue weighted by molar-refractivity contribution is 7.07. The van der Waals surface area contributed by atoms with E-state index in [9.17, 15) is 0 Å². The van der Waals surface area contributed by atoms with E-state index in [-0.39, 0.29) is 18.1 Å². The van der Waals surface area contributed by atoms with E-state index in [2.05, 4.69) is 189 Å². The van der Waals surface area contributed by atoms with Crippen molar-refractivity contribution in [1.82, 2.24) is 0 Å². The number of fused-ring (bicyclic) bond motifs is 2. The third-order valence-electron chi connectivity index (χ3n) is 10.5. The maximum absolute atomic E-state index is 7.92. The van der Waals surface area contributed by atoms with Gasteiger partial charge in [0.15, 0.2) is 6.10 Å². The van der Waals surface area contributed by atoms with Crippen LogP contribution in [-0.4, -0.2) is 47.7 Å².